The lowest BCUT2D eigenvalue weighted by atomic mass is 9.97. The summed E-state index contributed by atoms with van der Waals surface area (Å²) in [5.41, 5.74) is 1.53. The SMILES string of the molecule is COC(=O)CSc1nc2sc3c(c2c(=O)n1-c1ccc(C(=O)O)cc1)CCCC3. The van der Waals surface area contributed by atoms with Gasteiger partial charge in [0.15, 0.2) is 5.16 Å². The van der Waals surface area contributed by atoms with Crippen LogP contribution in [0.2, 0.25) is 0 Å². The van der Waals surface area contributed by atoms with E-state index >= 15 is 0 Å². The highest BCUT2D eigenvalue weighted by atomic mass is 32.2. The van der Waals surface area contributed by atoms with Gasteiger partial charge in [-0.25, -0.2) is 9.78 Å². The lowest BCUT2D eigenvalue weighted by Crippen LogP contribution is -2.23. The number of nitrogens with zero attached hydrogens (tertiary/aromatic N) is 2. The van der Waals surface area contributed by atoms with Gasteiger partial charge in [-0.1, -0.05) is 11.8 Å². The first kappa shape index (κ1) is 19.7. The first-order valence-electron chi connectivity index (χ1n) is 9.10. The average Bonchev–Trinajstić information content (AvgIpc) is 3.10. The van der Waals surface area contributed by atoms with Gasteiger partial charge in [0.2, 0.25) is 0 Å². The lowest BCUT2D eigenvalue weighted by Gasteiger charge is -2.13. The molecule has 29 heavy (non-hydrogen) atoms. The number of carbonyl (C=O) groups excluding carboxylic acids is 1. The molecule has 1 aromatic carbocycles. The van der Waals surface area contributed by atoms with Crippen molar-refractivity contribution in [1.29, 1.82) is 0 Å². The van der Waals surface area contributed by atoms with Crippen LogP contribution in [0.5, 0.6) is 0 Å². The van der Waals surface area contributed by atoms with Gasteiger partial charge in [0.25, 0.3) is 5.56 Å². The summed E-state index contributed by atoms with van der Waals surface area (Å²) in [6.07, 6.45) is 3.96. The number of benzene rings is 1. The summed E-state index contributed by atoms with van der Waals surface area (Å²) in [7, 11) is 1.31. The number of ether oxygens (including phenoxy) is 1. The molecule has 150 valence electrons. The number of aromatic nitrogens is 2. The molecule has 0 radical (unpaired) electrons. The van der Waals surface area contributed by atoms with Crippen LogP contribution in [0.3, 0.4) is 0 Å². The Kier molecular flexibility index (Phi) is 5.42. The van der Waals surface area contributed by atoms with Gasteiger partial charge in [-0.2, -0.15) is 0 Å². The molecule has 2 aromatic heterocycles. The second-order valence-electron chi connectivity index (χ2n) is 6.64. The fourth-order valence-corrected chi connectivity index (χ4v) is 5.59. The van der Waals surface area contributed by atoms with Gasteiger partial charge in [0.1, 0.15) is 4.83 Å². The van der Waals surface area contributed by atoms with Crippen LogP contribution in [0, 0.1) is 0 Å². The Hall–Kier alpha value is -2.65. The number of thioether (sulfide) groups is 1. The summed E-state index contributed by atoms with van der Waals surface area (Å²) in [5, 5.41) is 10.2. The highest BCUT2D eigenvalue weighted by molar-refractivity contribution is 7.99. The van der Waals surface area contributed by atoms with Crippen LogP contribution in [0.25, 0.3) is 15.9 Å². The molecule has 1 N–H and O–H groups in total. The van der Waals surface area contributed by atoms with Crippen molar-refractivity contribution in [3.63, 3.8) is 0 Å². The number of methoxy groups -OCH3 is 1. The van der Waals surface area contributed by atoms with Crippen LogP contribution in [0.4, 0.5) is 0 Å². The number of carboxylic acids is 1. The smallest absolute Gasteiger partial charge is 0.335 e. The van der Waals surface area contributed by atoms with Crippen molar-refractivity contribution < 1.29 is 19.4 Å². The van der Waals surface area contributed by atoms with Crippen molar-refractivity contribution in [2.75, 3.05) is 12.9 Å². The van der Waals surface area contributed by atoms with Crippen molar-refractivity contribution >= 4 is 45.3 Å². The molecule has 7 nitrogen and oxygen atoms in total. The number of aromatic carboxylic acids is 1. The van der Waals surface area contributed by atoms with Crippen LogP contribution >= 0.6 is 23.1 Å². The first-order chi connectivity index (χ1) is 14.0. The van der Waals surface area contributed by atoms with E-state index in [1.807, 2.05) is 0 Å². The molecular weight excluding hydrogens is 412 g/mol. The van der Waals surface area contributed by atoms with E-state index < -0.39 is 11.9 Å². The fourth-order valence-electron chi connectivity index (χ4n) is 3.45. The normalized spacial score (nSPS) is 13.3. The molecule has 1 aliphatic rings. The van der Waals surface area contributed by atoms with Crippen LogP contribution in [0.1, 0.15) is 33.6 Å². The van der Waals surface area contributed by atoms with Crippen molar-refractivity contribution in [3.05, 3.63) is 50.6 Å². The van der Waals surface area contributed by atoms with Crippen molar-refractivity contribution in [1.82, 2.24) is 9.55 Å². The number of carboxylic acid groups (broad SMARTS) is 1. The maximum atomic E-state index is 13.5. The number of carbonyl (C=O) groups is 2. The second kappa shape index (κ2) is 8.00. The van der Waals surface area contributed by atoms with E-state index in [-0.39, 0.29) is 16.9 Å². The molecule has 0 spiro atoms. The highest BCUT2D eigenvalue weighted by Gasteiger charge is 2.23. The Bertz CT molecular complexity index is 1160. The van der Waals surface area contributed by atoms with Crippen LogP contribution < -0.4 is 5.56 Å². The predicted molar refractivity (Wildman–Crippen MR) is 112 cm³/mol. The van der Waals surface area contributed by atoms with E-state index in [1.54, 1.807) is 23.5 Å². The standard InChI is InChI=1S/C20H18N2O5S2/c1-27-15(23)10-28-20-21-17-16(13-4-2-3-5-14(13)29-17)18(24)22(20)12-8-6-11(7-9-12)19(25)26/h6-9H,2-5,10H2,1H3,(H,25,26). The van der Waals surface area contributed by atoms with E-state index in [0.29, 0.717) is 21.1 Å². The van der Waals surface area contributed by atoms with Crippen molar-refractivity contribution in [3.8, 4) is 5.69 Å². The number of fused-ring (bicyclic) bond motifs is 3. The largest absolute Gasteiger partial charge is 0.478 e. The Balaban J connectivity index is 1.90. The molecule has 0 saturated heterocycles. The van der Waals surface area contributed by atoms with E-state index in [9.17, 15) is 14.4 Å². The maximum absolute atomic E-state index is 13.5. The summed E-state index contributed by atoms with van der Waals surface area (Å²) in [5.74, 6) is -1.43. The van der Waals surface area contributed by atoms with Gasteiger partial charge in [0.05, 0.1) is 29.5 Å². The molecule has 2 heterocycles. The second-order valence-corrected chi connectivity index (χ2v) is 8.67. The van der Waals surface area contributed by atoms with Gasteiger partial charge in [-0.15, -0.1) is 11.3 Å². The quantitative estimate of drug-likeness (QED) is 0.377. The number of aryl methyl sites for hydroxylation is 2. The van der Waals surface area contributed by atoms with Gasteiger partial charge in [-0.3, -0.25) is 14.2 Å². The number of thiophene rings is 1. The monoisotopic (exact) mass is 430 g/mol. The lowest BCUT2D eigenvalue weighted by molar-refractivity contribution is -0.137. The number of esters is 1. The zero-order valence-corrected chi connectivity index (χ0v) is 17.3. The number of hydrogen-bond donors (Lipinski definition) is 1. The summed E-state index contributed by atoms with van der Waals surface area (Å²) in [4.78, 5) is 42.9. The molecule has 0 unspecified atom stereocenters. The molecule has 0 amide bonds. The van der Waals surface area contributed by atoms with Crippen LogP contribution in [-0.4, -0.2) is 39.5 Å². The van der Waals surface area contributed by atoms with Crippen molar-refractivity contribution in [2.24, 2.45) is 0 Å². The summed E-state index contributed by atoms with van der Waals surface area (Å²) < 4.78 is 6.17. The van der Waals surface area contributed by atoms with E-state index in [1.165, 1.54) is 28.7 Å². The Morgan fingerprint density at radius 2 is 1.97 bits per heavy atom. The minimum Gasteiger partial charge on any atom is -0.478 e. The van der Waals surface area contributed by atoms with Crippen LogP contribution in [0.15, 0.2) is 34.2 Å². The van der Waals surface area contributed by atoms with Crippen molar-refractivity contribution in [2.45, 2.75) is 30.8 Å². The van der Waals surface area contributed by atoms with Gasteiger partial charge >= 0.3 is 11.9 Å². The third-order valence-electron chi connectivity index (χ3n) is 4.88. The van der Waals surface area contributed by atoms with Crippen LogP contribution in [-0.2, 0) is 22.4 Å². The molecule has 0 saturated carbocycles. The van der Waals surface area contributed by atoms with Gasteiger partial charge in [0, 0.05) is 4.88 Å². The Labute approximate surface area is 174 Å². The van der Waals surface area contributed by atoms with E-state index in [0.717, 1.165) is 43.0 Å². The number of rotatable bonds is 5. The minimum atomic E-state index is -1.04. The topological polar surface area (TPSA) is 98.5 Å². The Morgan fingerprint density at radius 3 is 2.66 bits per heavy atom. The summed E-state index contributed by atoms with van der Waals surface area (Å²) >= 11 is 2.67. The molecule has 1 aliphatic carbocycles. The molecule has 0 fully saturated rings. The minimum absolute atomic E-state index is 0.0206. The zero-order valence-electron chi connectivity index (χ0n) is 15.6. The third-order valence-corrected chi connectivity index (χ3v) is 6.98. The predicted octanol–water partition coefficient (Wildman–Crippen LogP) is 3.29. The third kappa shape index (κ3) is 3.67. The Morgan fingerprint density at radius 1 is 1.24 bits per heavy atom. The maximum Gasteiger partial charge on any atom is 0.335 e. The summed E-state index contributed by atoms with van der Waals surface area (Å²) in [6, 6.07) is 6.07. The molecular formula is C20H18N2O5S2. The molecule has 4 rings (SSSR count). The molecule has 0 atom stereocenters. The fraction of sp³-hybridized carbons (Fsp3) is 0.300. The average molecular weight is 431 g/mol. The van der Waals surface area contributed by atoms with Gasteiger partial charge < -0.3 is 9.84 Å². The highest BCUT2D eigenvalue weighted by Crippen LogP contribution is 2.35. The van der Waals surface area contributed by atoms with E-state index in [2.05, 4.69) is 0 Å². The number of hydrogen-bond acceptors (Lipinski definition) is 7. The zero-order chi connectivity index (χ0) is 20.5. The molecule has 0 bridgehead atoms. The van der Waals surface area contributed by atoms with Gasteiger partial charge in [-0.05, 0) is 55.5 Å². The molecule has 9 heteroatoms. The molecule has 0 aliphatic heterocycles. The summed E-state index contributed by atoms with van der Waals surface area (Å²) in [6.45, 7) is 0. The first-order valence-corrected chi connectivity index (χ1v) is 10.9. The molecule has 3 aromatic rings. The van der Waals surface area contributed by atoms with E-state index in [4.69, 9.17) is 14.8 Å².